The molecule has 96 valence electrons. The molecule has 3 nitrogen and oxygen atoms in total. The van der Waals surface area contributed by atoms with Crippen molar-refractivity contribution in [3.63, 3.8) is 0 Å². The van der Waals surface area contributed by atoms with E-state index >= 15 is 0 Å². The van der Waals surface area contributed by atoms with E-state index in [1.807, 2.05) is 0 Å². The van der Waals surface area contributed by atoms with Crippen molar-refractivity contribution in [2.45, 2.75) is 58.3 Å². The molecule has 1 fully saturated rings. The zero-order chi connectivity index (χ0) is 12.5. The first-order valence-electron chi connectivity index (χ1n) is 6.80. The normalized spacial score (nSPS) is 18.8. The molecule has 0 amide bonds. The molecule has 0 aliphatic heterocycles. The third-order valence-corrected chi connectivity index (χ3v) is 3.25. The lowest BCUT2D eigenvalue weighted by Crippen LogP contribution is -2.14. The number of aliphatic imine (C=N–C) groups is 1. The lowest BCUT2D eigenvalue weighted by molar-refractivity contribution is 0.368. The number of nitrogens with one attached hydrogen (secondary N) is 1. The van der Waals surface area contributed by atoms with Crippen LogP contribution in [0.3, 0.4) is 0 Å². The minimum atomic E-state index is -0.0723. The van der Waals surface area contributed by atoms with Crippen LogP contribution in [0.1, 0.15) is 58.3 Å². The quantitative estimate of drug-likeness (QED) is 0.554. The van der Waals surface area contributed by atoms with Crippen LogP contribution in [0.4, 0.5) is 0 Å². The maximum Gasteiger partial charge on any atom is 0.212 e. The van der Waals surface area contributed by atoms with Gasteiger partial charge in [0.2, 0.25) is 5.96 Å². The highest BCUT2D eigenvalue weighted by atomic mass is 15.0. The summed E-state index contributed by atoms with van der Waals surface area (Å²) < 4.78 is 0. The average molecular weight is 235 g/mol. The van der Waals surface area contributed by atoms with Crippen molar-refractivity contribution in [3.05, 3.63) is 12.2 Å². The molecule has 0 aromatic heterocycles. The molecule has 0 spiro atoms. The lowest BCUT2D eigenvalue weighted by Gasteiger charge is -2.21. The number of hydrogen-bond donors (Lipinski definition) is 2. The van der Waals surface area contributed by atoms with Crippen LogP contribution < -0.4 is 5.73 Å². The summed E-state index contributed by atoms with van der Waals surface area (Å²) in [5.41, 5.74) is 6.35. The van der Waals surface area contributed by atoms with Gasteiger partial charge < -0.3 is 5.73 Å². The second-order valence-corrected chi connectivity index (χ2v) is 4.89. The second-order valence-electron chi connectivity index (χ2n) is 4.89. The van der Waals surface area contributed by atoms with Crippen LogP contribution in [0.25, 0.3) is 0 Å². The fourth-order valence-corrected chi connectivity index (χ4v) is 2.38. The van der Waals surface area contributed by atoms with Gasteiger partial charge in [-0.25, -0.2) is 4.99 Å². The number of rotatable bonds is 5. The van der Waals surface area contributed by atoms with Gasteiger partial charge in [0, 0.05) is 5.71 Å². The van der Waals surface area contributed by atoms with Gasteiger partial charge >= 0.3 is 0 Å². The maximum atomic E-state index is 7.28. The van der Waals surface area contributed by atoms with E-state index in [1.165, 1.54) is 32.1 Å². The van der Waals surface area contributed by atoms with E-state index in [1.54, 1.807) is 0 Å². The Morgan fingerprint density at radius 2 is 2.06 bits per heavy atom. The smallest absolute Gasteiger partial charge is 0.212 e. The summed E-state index contributed by atoms with van der Waals surface area (Å²) in [5, 5.41) is 7.28. The standard InChI is InChI=1S/C14H25N3/c1-2-3-5-10-13(17-14(15)16)11-12-8-6-4-7-9-12/h5,10,12H,2-4,6-9,11H2,1H3,(H3,15,16)/b10-5+,17-13?. The molecular weight excluding hydrogens is 210 g/mol. The van der Waals surface area contributed by atoms with Crippen molar-refractivity contribution in [1.82, 2.24) is 0 Å². The predicted molar refractivity (Wildman–Crippen MR) is 74.6 cm³/mol. The monoisotopic (exact) mass is 235 g/mol. The van der Waals surface area contributed by atoms with Crippen molar-refractivity contribution in [3.8, 4) is 0 Å². The van der Waals surface area contributed by atoms with Gasteiger partial charge in [-0.15, -0.1) is 0 Å². The molecule has 1 saturated carbocycles. The SMILES string of the molecule is CCC/C=C/C(CC1CCCCC1)=NC(=N)N. The number of hydrogen-bond acceptors (Lipinski definition) is 1. The average Bonchev–Trinajstić information content (AvgIpc) is 2.30. The van der Waals surface area contributed by atoms with E-state index in [2.05, 4.69) is 24.1 Å². The summed E-state index contributed by atoms with van der Waals surface area (Å²) in [6.45, 7) is 2.16. The molecule has 0 heterocycles. The van der Waals surface area contributed by atoms with Crippen molar-refractivity contribution in [1.29, 1.82) is 5.41 Å². The molecule has 3 N–H and O–H groups in total. The highest BCUT2D eigenvalue weighted by molar-refractivity contribution is 6.02. The maximum absolute atomic E-state index is 7.28. The molecule has 0 unspecified atom stereocenters. The Kier molecular flexibility index (Phi) is 6.60. The third kappa shape index (κ3) is 6.25. The van der Waals surface area contributed by atoms with Crippen LogP contribution in [0.2, 0.25) is 0 Å². The summed E-state index contributed by atoms with van der Waals surface area (Å²) in [6, 6.07) is 0. The molecular formula is C14H25N3. The number of nitrogens with two attached hydrogens (primary N) is 1. The Morgan fingerprint density at radius 1 is 1.35 bits per heavy atom. The topological polar surface area (TPSA) is 62.2 Å². The Balaban J connectivity index is 2.53. The first-order valence-corrected chi connectivity index (χ1v) is 6.80. The van der Waals surface area contributed by atoms with Crippen molar-refractivity contribution >= 4 is 11.7 Å². The van der Waals surface area contributed by atoms with Gasteiger partial charge in [0.1, 0.15) is 0 Å². The van der Waals surface area contributed by atoms with Crippen LogP contribution in [-0.2, 0) is 0 Å². The summed E-state index contributed by atoms with van der Waals surface area (Å²) in [6.07, 6.45) is 14.1. The fraction of sp³-hybridized carbons (Fsp3) is 0.714. The van der Waals surface area contributed by atoms with Crippen LogP contribution in [0.15, 0.2) is 17.1 Å². The molecule has 17 heavy (non-hydrogen) atoms. The summed E-state index contributed by atoms with van der Waals surface area (Å²) in [4.78, 5) is 4.13. The van der Waals surface area contributed by atoms with E-state index in [4.69, 9.17) is 11.1 Å². The summed E-state index contributed by atoms with van der Waals surface area (Å²) in [5.74, 6) is 0.671. The first kappa shape index (κ1) is 13.9. The molecule has 0 aromatic rings. The number of allylic oxidation sites excluding steroid dienone is 2. The Labute approximate surface area is 105 Å². The van der Waals surface area contributed by atoms with Crippen molar-refractivity contribution in [2.75, 3.05) is 0 Å². The molecule has 0 atom stereocenters. The third-order valence-electron chi connectivity index (χ3n) is 3.25. The van der Waals surface area contributed by atoms with E-state index < -0.39 is 0 Å². The van der Waals surface area contributed by atoms with Gasteiger partial charge in [0.05, 0.1) is 0 Å². The van der Waals surface area contributed by atoms with E-state index in [-0.39, 0.29) is 5.96 Å². The van der Waals surface area contributed by atoms with Gasteiger partial charge in [-0.3, -0.25) is 5.41 Å². The lowest BCUT2D eigenvalue weighted by atomic mass is 9.85. The largest absolute Gasteiger partial charge is 0.368 e. The summed E-state index contributed by atoms with van der Waals surface area (Å²) in [7, 11) is 0. The van der Waals surface area contributed by atoms with Gasteiger partial charge in [0.15, 0.2) is 0 Å². The van der Waals surface area contributed by atoms with Gasteiger partial charge in [-0.2, -0.15) is 0 Å². The fourth-order valence-electron chi connectivity index (χ4n) is 2.38. The Morgan fingerprint density at radius 3 is 2.65 bits per heavy atom. The molecule has 1 rings (SSSR count). The minimum Gasteiger partial charge on any atom is -0.368 e. The Hall–Kier alpha value is -1.12. The van der Waals surface area contributed by atoms with Crippen LogP contribution in [0.5, 0.6) is 0 Å². The molecule has 0 saturated heterocycles. The highest BCUT2D eigenvalue weighted by Crippen LogP contribution is 2.26. The van der Waals surface area contributed by atoms with Gasteiger partial charge in [0.25, 0.3) is 0 Å². The van der Waals surface area contributed by atoms with E-state index in [9.17, 15) is 0 Å². The number of unbranched alkanes of at least 4 members (excludes halogenated alkanes) is 1. The molecule has 3 heteroatoms. The van der Waals surface area contributed by atoms with Crippen molar-refractivity contribution < 1.29 is 0 Å². The zero-order valence-electron chi connectivity index (χ0n) is 10.9. The first-order chi connectivity index (χ1) is 8.22. The van der Waals surface area contributed by atoms with Crippen LogP contribution in [-0.4, -0.2) is 11.7 Å². The van der Waals surface area contributed by atoms with Crippen molar-refractivity contribution in [2.24, 2.45) is 16.6 Å². The van der Waals surface area contributed by atoms with E-state index in [0.717, 1.165) is 30.9 Å². The van der Waals surface area contributed by atoms with E-state index in [0.29, 0.717) is 0 Å². The number of guanidine groups is 1. The second kappa shape index (κ2) is 8.04. The molecule has 1 aliphatic carbocycles. The van der Waals surface area contributed by atoms with Crippen LogP contribution >= 0.6 is 0 Å². The highest BCUT2D eigenvalue weighted by Gasteiger charge is 2.14. The molecule has 0 bridgehead atoms. The summed E-state index contributed by atoms with van der Waals surface area (Å²) >= 11 is 0. The van der Waals surface area contributed by atoms with Gasteiger partial charge in [-0.05, 0) is 24.8 Å². The molecule has 0 radical (unpaired) electrons. The minimum absolute atomic E-state index is 0.0723. The molecule has 1 aliphatic rings. The van der Waals surface area contributed by atoms with Gasteiger partial charge in [-0.1, -0.05) is 51.5 Å². The number of nitrogens with zero attached hydrogens (tertiary/aromatic N) is 1. The molecule has 0 aromatic carbocycles. The Bertz CT molecular complexity index is 286. The van der Waals surface area contributed by atoms with Crippen LogP contribution in [0, 0.1) is 11.3 Å². The predicted octanol–water partition coefficient (Wildman–Crippen LogP) is 3.65. The zero-order valence-corrected chi connectivity index (χ0v) is 10.9.